The van der Waals surface area contributed by atoms with Crippen LogP contribution in [0.15, 0.2) is 54.3 Å². The second-order valence-electron chi connectivity index (χ2n) is 5.91. The Morgan fingerprint density at radius 1 is 1.42 bits per heavy atom. The van der Waals surface area contributed by atoms with Crippen LogP contribution in [0.25, 0.3) is 5.70 Å². The summed E-state index contributed by atoms with van der Waals surface area (Å²) in [6.07, 6.45) is 6.39. The second kappa shape index (κ2) is 8.31. The van der Waals surface area contributed by atoms with Crippen molar-refractivity contribution in [1.82, 2.24) is 16.0 Å². The van der Waals surface area contributed by atoms with Crippen LogP contribution < -0.4 is 26.6 Å². The maximum Gasteiger partial charge on any atom is 0.107 e. The summed E-state index contributed by atoms with van der Waals surface area (Å²) >= 11 is 0. The van der Waals surface area contributed by atoms with Crippen LogP contribution in [0.2, 0.25) is 0 Å². The third-order valence-corrected chi connectivity index (χ3v) is 3.83. The molecular weight excluding hydrogens is 302 g/mol. The van der Waals surface area contributed by atoms with Crippen LogP contribution in [-0.4, -0.2) is 31.9 Å². The quantitative estimate of drug-likeness (QED) is 0.518. The SMILES string of the molecule is CCC(CO)N/C(N)=C/C=C1/NC=C(c2cccc(N(C)C)c2)N1. The van der Waals surface area contributed by atoms with Gasteiger partial charge in [-0.15, -0.1) is 0 Å². The number of aliphatic hydroxyl groups is 1. The molecule has 0 fully saturated rings. The Morgan fingerprint density at radius 3 is 2.88 bits per heavy atom. The number of nitrogens with zero attached hydrogens (tertiary/aromatic N) is 1. The summed E-state index contributed by atoms with van der Waals surface area (Å²) in [7, 11) is 4.05. The van der Waals surface area contributed by atoms with Crippen molar-refractivity contribution >= 4 is 11.4 Å². The number of hydrogen-bond acceptors (Lipinski definition) is 6. The first-order valence-electron chi connectivity index (χ1n) is 8.09. The summed E-state index contributed by atoms with van der Waals surface area (Å²) < 4.78 is 0. The van der Waals surface area contributed by atoms with E-state index in [1.54, 1.807) is 6.08 Å². The van der Waals surface area contributed by atoms with E-state index >= 15 is 0 Å². The van der Waals surface area contributed by atoms with E-state index in [-0.39, 0.29) is 12.6 Å². The molecule has 6 heteroatoms. The van der Waals surface area contributed by atoms with Gasteiger partial charge in [0.1, 0.15) is 5.82 Å². The van der Waals surface area contributed by atoms with Crippen LogP contribution in [0, 0.1) is 0 Å². The Hall–Kier alpha value is -2.60. The van der Waals surface area contributed by atoms with Crippen molar-refractivity contribution in [2.24, 2.45) is 5.73 Å². The van der Waals surface area contributed by atoms with Gasteiger partial charge in [0.25, 0.3) is 0 Å². The smallest absolute Gasteiger partial charge is 0.107 e. The fourth-order valence-electron chi connectivity index (χ4n) is 2.30. The molecule has 0 aromatic heterocycles. The first-order valence-corrected chi connectivity index (χ1v) is 8.09. The Bertz CT molecular complexity index is 645. The van der Waals surface area contributed by atoms with Gasteiger partial charge >= 0.3 is 0 Å². The Kier molecular flexibility index (Phi) is 6.14. The van der Waals surface area contributed by atoms with Crippen molar-refractivity contribution in [2.45, 2.75) is 19.4 Å². The molecule has 1 atom stereocenters. The van der Waals surface area contributed by atoms with Gasteiger partial charge in [-0.05, 0) is 30.7 Å². The van der Waals surface area contributed by atoms with E-state index in [4.69, 9.17) is 5.73 Å². The zero-order chi connectivity index (χ0) is 17.5. The largest absolute Gasteiger partial charge is 0.394 e. The Morgan fingerprint density at radius 2 is 2.21 bits per heavy atom. The maximum atomic E-state index is 9.18. The molecule has 0 saturated heterocycles. The summed E-state index contributed by atoms with van der Waals surface area (Å²) in [6, 6.07) is 8.28. The average Bonchev–Trinajstić information content (AvgIpc) is 3.07. The average molecular weight is 329 g/mol. The molecule has 0 spiro atoms. The fourth-order valence-corrected chi connectivity index (χ4v) is 2.30. The molecule has 1 aromatic carbocycles. The van der Waals surface area contributed by atoms with E-state index in [0.717, 1.165) is 29.2 Å². The van der Waals surface area contributed by atoms with Crippen LogP contribution in [-0.2, 0) is 0 Å². The molecule has 6 nitrogen and oxygen atoms in total. The number of benzene rings is 1. The molecule has 0 saturated carbocycles. The van der Waals surface area contributed by atoms with Crippen molar-refractivity contribution < 1.29 is 5.11 Å². The van der Waals surface area contributed by atoms with Crippen molar-refractivity contribution in [1.29, 1.82) is 0 Å². The van der Waals surface area contributed by atoms with Crippen molar-refractivity contribution in [3.63, 3.8) is 0 Å². The third kappa shape index (κ3) is 4.70. The van der Waals surface area contributed by atoms with Gasteiger partial charge in [-0.2, -0.15) is 0 Å². The van der Waals surface area contributed by atoms with Gasteiger partial charge in [0.15, 0.2) is 0 Å². The van der Waals surface area contributed by atoms with Gasteiger partial charge in [-0.3, -0.25) is 0 Å². The van der Waals surface area contributed by atoms with Crippen LogP contribution >= 0.6 is 0 Å². The molecule has 24 heavy (non-hydrogen) atoms. The predicted octanol–water partition coefficient (Wildman–Crippen LogP) is 1.25. The third-order valence-electron chi connectivity index (χ3n) is 3.83. The van der Waals surface area contributed by atoms with E-state index in [1.807, 2.05) is 39.4 Å². The van der Waals surface area contributed by atoms with Crippen LogP contribution in [0.3, 0.4) is 0 Å². The lowest BCUT2D eigenvalue weighted by atomic mass is 10.1. The predicted molar refractivity (Wildman–Crippen MR) is 99.7 cm³/mol. The highest BCUT2D eigenvalue weighted by Gasteiger charge is 2.11. The number of anilines is 1. The molecule has 6 N–H and O–H groups in total. The van der Waals surface area contributed by atoms with E-state index in [1.165, 1.54) is 0 Å². The number of nitrogens with one attached hydrogen (secondary N) is 3. The minimum Gasteiger partial charge on any atom is -0.394 e. The van der Waals surface area contributed by atoms with Crippen LogP contribution in [0.1, 0.15) is 18.9 Å². The summed E-state index contributed by atoms with van der Waals surface area (Å²) in [5.74, 6) is 1.37. The molecule has 0 aliphatic carbocycles. The summed E-state index contributed by atoms with van der Waals surface area (Å²) in [5, 5.41) is 18.8. The number of hydrogen-bond donors (Lipinski definition) is 5. The van der Waals surface area contributed by atoms with Crippen molar-refractivity contribution in [3.8, 4) is 0 Å². The summed E-state index contributed by atoms with van der Waals surface area (Å²) in [5.41, 5.74) is 9.18. The number of nitrogens with two attached hydrogens (primary N) is 1. The number of allylic oxidation sites excluding steroid dienone is 2. The first kappa shape index (κ1) is 17.7. The minimum atomic E-state index is -0.0217. The van der Waals surface area contributed by atoms with Gasteiger partial charge in [0, 0.05) is 31.5 Å². The molecule has 1 aromatic rings. The molecule has 1 unspecified atom stereocenters. The molecule has 0 radical (unpaired) electrons. The van der Waals surface area contributed by atoms with Crippen LogP contribution in [0.5, 0.6) is 0 Å². The lowest BCUT2D eigenvalue weighted by Gasteiger charge is -2.15. The highest BCUT2D eigenvalue weighted by atomic mass is 16.3. The molecular formula is C18H27N5O. The lowest BCUT2D eigenvalue weighted by molar-refractivity contribution is 0.246. The summed E-state index contributed by atoms with van der Waals surface area (Å²) in [4.78, 5) is 2.07. The molecule has 0 bridgehead atoms. The molecule has 1 aliphatic heterocycles. The topological polar surface area (TPSA) is 85.6 Å². The molecule has 1 aliphatic rings. The second-order valence-corrected chi connectivity index (χ2v) is 5.91. The Balaban J connectivity index is 2.00. The molecule has 2 rings (SSSR count). The normalized spacial score (nSPS) is 17.1. The first-order chi connectivity index (χ1) is 11.5. The number of aliphatic hydroxyl groups excluding tert-OH is 1. The van der Waals surface area contributed by atoms with Crippen molar-refractivity contribution in [3.05, 3.63) is 59.8 Å². The van der Waals surface area contributed by atoms with Crippen molar-refractivity contribution in [2.75, 3.05) is 25.6 Å². The zero-order valence-corrected chi connectivity index (χ0v) is 14.5. The molecule has 1 heterocycles. The highest BCUT2D eigenvalue weighted by molar-refractivity contribution is 5.70. The van der Waals surface area contributed by atoms with E-state index in [9.17, 15) is 5.11 Å². The standard InChI is InChI=1S/C18H27N5O/c1-4-14(12-24)21-17(19)8-9-18-20-11-16(22-18)13-6-5-7-15(10-13)23(2)3/h5-11,14,20-22,24H,4,12,19H2,1-3H3/b17-8+,18-9-. The van der Waals surface area contributed by atoms with Gasteiger partial charge in [-0.25, -0.2) is 0 Å². The zero-order valence-electron chi connectivity index (χ0n) is 14.5. The fraction of sp³-hybridized carbons (Fsp3) is 0.333. The van der Waals surface area contributed by atoms with Gasteiger partial charge in [0.2, 0.25) is 0 Å². The van der Waals surface area contributed by atoms with E-state index in [0.29, 0.717) is 5.82 Å². The molecule has 0 amide bonds. The van der Waals surface area contributed by atoms with E-state index in [2.05, 4.69) is 39.0 Å². The van der Waals surface area contributed by atoms with Crippen LogP contribution in [0.4, 0.5) is 5.69 Å². The lowest BCUT2D eigenvalue weighted by Crippen LogP contribution is -2.34. The molecule has 130 valence electrons. The van der Waals surface area contributed by atoms with Gasteiger partial charge in [-0.1, -0.05) is 19.1 Å². The Labute approximate surface area is 143 Å². The minimum absolute atomic E-state index is 0.0217. The van der Waals surface area contributed by atoms with Gasteiger partial charge in [0.05, 0.1) is 24.2 Å². The number of rotatable bonds is 7. The maximum absolute atomic E-state index is 9.18. The van der Waals surface area contributed by atoms with Gasteiger partial charge < -0.3 is 31.7 Å². The highest BCUT2D eigenvalue weighted by Crippen LogP contribution is 2.21. The monoisotopic (exact) mass is 329 g/mol. The summed E-state index contributed by atoms with van der Waals surface area (Å²) in [6.45, 7) is 2.06. The van der Waals surface area contributed by atoms with E-state index < -0.39 is 0 Å².